The third-order valence-electron chi connectivity index (χ3n) is 4.16. The molecule has 0 spiro atoms. The van der Waals surface area contributed by atoms with Crippen molar-refractivity contribution in [3.63, 3.8) is 0 Å². The molecule has 0 saturated carbocycles. The molecule has 4 nitrogen and oxygen atoms in total. The molecular weight excluding hydrogens is 334 g/mol. The number of nitrogens with zero attached hydrogens (tertiary/aromatic N) is 1. The van der Waals surface area contributed by atoms with E-state index in [0.29, 0.717) is 18.7 Å². The lowest BCUT2D eigenvalue weighted by atomic mass is 10.1. The van der Waals surface area contributed by atoms with E-state index in [4.69, 9.17) is 0 Å². The van der Waals surface area contributed by atoms with Crippen LogP contribution >= 0.6 is 0 Å². The molecule has 7 heteroatoms. The minimum Gasteiger partial charge on any atom is -0.313 e. The lowest BCUT2D eigenvalue weighted by molar-refractivity contribution is 0.271. The van der Waals surface area contributed by atoms with E-state index in [2.05, 4.69) is 5.32 Å². The summed E-state index contributed by atoms with van der Waals surface area (Å²) in [5, 5.41) is 3.14. The predicted molar refractivity (Wildman–Crippen MR) is 87.0 cm³/mol. The van der Waals surface area contributed by atoms with Crippen molar-refractivity contribution in [3.8, 4) is 0 Å². The topological polar surface area (TPSA) is 49.4 Å². The maximum atomic E-state index is 13.5. The average Bonchev–Trinajstić information content (AvgIpc) is 2.57. The molecule has 2 aromatic rings. The standard InChI is InChI=1S/C17H18F2N2O2S/c1-12-9-15(5-6-16(12)19)24(22,23)21-8-7-20-11-17(21)13-3-2-4-14(18)10-13/h2-6,9-10,17,20H,7-8,11H2,1H3. The fourth-order valence-corrected chi connectivity index (χ4v) is 4.58. The van der Waals surface area contributed by atoms with E-state index in [-0.39, 0.29) is 17.0 Å². The highest BCUT2D eigenvalue weighted by atomic mass is 32.2. The van der Waals surface area contributed by atoms with Crippen LogP contribution in [0.5, 0.6) is 0 Å². The Kier molecular flexibility index (Phi) is 4.67. The smallest absolute Gasteiger partial charge is 0.243 e. The second-order valence-corrected chi connectivity index (χ2v) is 7.69. The van der Waals surface area contributed by atoms with Crippen molar-refractivity contribution in [2.75, 3.05) is 19.6 Å². The SMILES string of the molecule is Cc1cc(S(=O)(=O)N2CCNCC2c2cccc(F)c2)ccc1F. The highest BCUT2D eigenvalue weighted by Crippen LogP contribution is 2.29. The van der Waals surface area contributed by atoms with Gasteiger partial charge in [0.1, 0.15) is 11.6 Å². The molecule has 1 N–H and O–H groups in total. The molecule has 1 fully saturated rings. The van der Waals surface area contributed by atoms with Gasteiger partial charge in [-0.15, -0.1) is 0 Å². The third kappa shape index (κ3) is 3.19. The maximum absolute atomic E-state index is 13.5. The van der Waals surface area contributed by atoms with Gasteiger partial charge in [-0.05, 0) is 48.4 Å². The predicted octanol–water partition coefficient (Wildman–Crippen LogP) is 2.61. The van der Waals surface area contributed by atoms with Crippen LogP contribution < -0.4 is 5.32 Å². The molecule has 2 aromatic carbocycles. The second-order valence-electron chi connectivity index (χ2n) is 5.80. The number of piperazine rings is 1. The number of aryl methyl sites for hydroxylation is 1. The lowest BCUT2D eigenvalue weighted by Crippen LogP contribution is -2.48. The summed E-state index contributed by atoms with van der Waals surface area (Å²) in [4.78, 5) is 0.0460. The third-order valence-corrected chi connectivity index (χ3v) is 6.07. The molecule has 0 bridgehead atoms. The van der Waals surface area contributed by atoms with Crippen molar-refractivity contribution in [2.24, 2.45) is 0 Å². The van der Waals surface area contributed by atoms with E-state index >= 15 is 0 Å². The van der Waals surface area contributed by atoms with Crippen LogP contribution in [0.3, 0.4) is 0 Å². The molecule has 0 radical (unpaired) electrons. The van der Waals surface area contributed by atoms with Crippen molar-refractivity contribution >= 4 is 10.0 Å². The molecule has 128 valence electrons. The molecule has 24 heavy (non-hydrogen) atoms. The number of sulfonamides is 1. The van der Waals surface area contributed by atoms with Gasteiger partial charge >= 0.3 is 0 Å². The fraction of sp³-hybridized carbons (Fsp3) is 0.294. The Labute approximate surface area is 140 Å². The van der Waals surface area contributed by atoms with Crippen LogP contribution in [0, 0.1) is 18.6 Å². The molecule has 0 aliphatic carbocycles. The molecule has 1 aliphatic rings. The van der Waals surface area contributed by atoms with E-state index in [1.807, 2.05) is 0 Å². The normalized spacial score (nSPS) is 19.4. The van der Waals surface area contributed by atoms with Crippen molar-refractivity contribution in [1.82, 2.24) is 9.62 Å². The number of hydrogen-bond donors (Lipinski definition) is 1. The molecule has 1 atom stereocenters. The summed E-state index contributed by atoms with van der Waals surface area (Å²) in [5.74, 6) is -0.857. The van der Waals surface area contributed by atoms with E-state index in [1.54, 1.807) is 12.1 Å². The Morgan fingerprint density at radius 1 is 1.17 bits per heavy atom. The van der Waals surface area contributed by atoms with Crippen molar-refractivity contribution < 1.29 is 17.2 Å². The van der Waals surface area contributed by atoms with Crippen LogP contribution in [-0.2, 0) is 10.0 Å². The molecule has 1 unspecified atom stereocenters. The van der Waals surface area contributed by atoms with Crippen LogP contribution in [0.2, 0.25) is 0 Å². The Morgan fingerprint density at radius 3 is 2.67 bits per heavy atom. The second kappa shape index (κ2) is 6.58. The van der Waals surface area contributed by atoms with Gasteiger partial charge < -0.3 is 5.32 Å². The van der Waals surface area contributed by atoms with Crippen LogP contribution in [0.15, 0.2) is 47.4 Å². The fourth-order valence-electron chi connectivity index (χ4n) is 2.88. The van der Waals surface area contributed by atoms with E-state index in [0.717, 1.165) is 6.07 Å². The molecular formula is C17H18F2N2O2S. The molecule has 0 aromatic heterocycles. The first-order chi connectivity index (χ1) is 11.4. The van der Waals surface area contributed by atoms with Gasteiger partial charge in [0, 0.05) is 19.6 Å². The Hall–Kier alpha value is -1.83. The highest BCUT2D eigenvalue weighted by Gasteiger charge is 2.34. The van der Waals surface area contributed by atoms with Gasteiger partial charge in [-0.2, -0.15) is 4.31 Å². The zero-order valence-corrected chi connectivity index (χ0v) is 14.0. The van der Waals surface area contributed by atoms with Crippen LogP contribution in [0.1, 0.15) is 17.2 Å². The van der Waals surface area contributed by atoms with Crippen molar-refractivity contribution in [3.05, 3.63) is 65.2 Å². The van der Waals surface area contributed by atoms with Gasteiger partial charge in [-0.3, -0.25) is 0 Å². The first-order valence-corrected chi connectivity index (χ1v) is 9.08. The molecule has 3 rings (SSSR count). The molecule has 1 heterocycles. The summed E-state index contributed by atoms with van der Waals surface area (Å²) in [6.45, 7) is 2.68. The minimum atomic E-state index is -3.81. The van der Waals surface area contributed by atoms with Crippen LogP contribution in [0.4, 0.5) is 8.78 Å². The summed E-state index contributed by atoms with van der Waals surface area (Å²) in [7, 11) is -3.81. The minimum absolute atomic E-state index is 0.0460. The van der Waals surface area contributed by atoms with Crippen LogP contribution in [0.25, 0.3) is 0 Å². The van der Waals surface area contributed by atoms with Crippen molar-refractivity contribution in [1.29, 1.82) is 0 Å². The summed E-state index contributed by atoms with van der Waals surface area (Å²) in [6.07, 6.45) is 0. The van der Waals surface area contributed by atoms with Crippen LogP contribution in [-0.4, -0.2) is 32.4 Å². The Balaban J connectivity index is 2.01. The monoisotopic (exact) mass is 352 g/mol. The quantitative estimate of drug-likeness (QED) is 0.924. The first-order valence-electron chi connectivity index (χ1n) is 7.64. The average molecular weight is 352 g/mol. The van der Waals surface area contributed by atoms with Gasteiger partial charge in [0.25, 0.3) is 0 Å². The largest absolute Gasteiger partial charge is 0.313 e. The molecule has 1 aliphatic heterocycles. The number of hydrogen-bond acceptors (Lipinski definition) is 3. The number of benzene rings is 2. The van der Waals surface area contributed by atoms with Gasteiger partial charge in [-0.25, -0.2) is 17.2 Å². The molecule has 1 saturated heterocycles. The lowest BCUT2D eigenvalue weighted by Gasteiger charge is -2.35. The maximum Gasteiger partial charge on any atom is 0.243 e. The van der Waals surface area contributed by atoms with Gasteiger partial charge in [0.05, 0.1) is 10.9 Å². The van der Waals surface area contributed by atoms with Gasteiger partial charge in [-0.1, -0.05) is 12.1 Å². The van der Waals surface area contributed by atoms with E-state index in [1.165, 1.54) is 35.5 Å². The summed E-state index contributed by atoms with van der Waals surface area (Å²) in [5.41, 5.74) is 0.859. The molecule has 0 amide bonds. The number of halogens is 2. The Morgan fingerprint density at radius 2 is 1.96 bits per heavy atom. The van der Waals surface area contributed by atoms with Gasteiger partial charge in [0.2, 0.25) is 10.0 Å². The van der Waals surface area contributed by atoms with Gasteiger partial charge in [0.15, 0.2) is 0 Å². The number of nitrogens with one attached hydrogen (secondary N) is 1. The summed E-state index contributed by atoms with van der Waals surface area (Å²) < 4.78 is 54.3. The summed E-state index contributed by atoms with van der Waals surface area (Å²) >= 11 is 0. The zero-order chi connectivity index (χ0) is 17.3. The highest BCUT2D eigenvalue weighted by molar-refractivity contribution is 7.89. The van der Waals surface area contributed by atoms with E-state index in [9.17, 15) is 17.2 Å². The first kappa shape index (κ1) is 17.0. The number of rotatable bonds is 3. The zero-order valence-electron chi connectivity index (χ0n) is 13.2. The Bertz CT molecular complexity index is 855. The summed E-state index contributed by atoms with van der Waals surface area (Å²) in [6, 6.07) is 9.17. The van der Waals surface area contributed by atoms with Crippen molar-refractivity contribution in [2.45, 2.75) is 17.9 Å². The van der Waals surface area contributed by atoms with E-state index < -0.39 is 27.7 Å².